The third-order valence-electron chi connectivity index (χ3n) is 2.63. The molecule has 2 rings (SSSR count). The minimum absolute atomic E-state index is 0.00306. The summed E-state index contributed by atoms with van der Waals surface area (Å²) in [7, 11) is 0. The van der Waals surface area contributed by atoms with Crippen molar-refractivity contribution < 1.29 is 14.2 Å². The first-order valence-corrected chi connectivity index (χ1v) is 5.13. The first-order valence-electron chi connectivity index (χ1n) is 5.13. The van der Waals surface area contributed by atoms with Crippen molar-refractivity contribution in [2.45, 2.75) is 25.0 Å². The van der Waals surface area contributed by atoms with Crippen molar-refractivity contribution in [2.24, 2.45) is 5.73 Å². The molecule has 0 aliphatic carbocycles. The summed E-state index contributed by atoms with van der Waals surface area (Å²) in [5.74, 6) is 0. The molecule has 2 N–H and O–H groups in total. The minimum atomic E-state index is -0.0735. The van der Waals surface area contributed by atoms with Gasteiger partial charge in [0.25, 0.3) is 0 Å². The fraction of sp³-hybridized carbons (Fsp3) is 0.800. The van der Waals surface area contributed by atoms with E-state index in [2.05, 4.69) is 0 Å². The second-order valence-corrected chi connectivity index (χ2v) is 3.68. The zero-order valence-corrected chi connectivity index (χ0v) is 8.28. The number of hydrogen-bond donors (Lipinski definition) is 1. The summed E-state index contributed by atoms with van der Waals surface area (Å²) in [6.07, 6.45) is 3.84. The molecule has 0 spiro atoms. The standard InChI is InChI=1S/C10H17NO3/c11-10(8-2-1-3-12-6-8)9-7-13-4-5-14-9/h6,9-10H,1-5,7,11H2. The smallest absolute Gasteiger partial charge is 0.0999 e. The third kappa shape index (κ3) is 2.26. The van der Waals surface area contributed by atoms with E-state index in [1.165, 1.54) is 0 Å². The lowest BCUT2D eigenvalue weighted by atomic mass is 9.98. The van der Waals surface area contributed by atoms with Crippen LogP contribution in [0.4, 0.5) is 0 Å². The van der Waals surface area contributed by atoms with Crippen LogP contribution in [0.15, 0.2) is 11.8 Å². The predicted molar refractivity (Wildman–Crippen MR) is 51.8 cm³/mol. The van der Waals surface area contributed by atoms with Gasteiger partial charge in [0.15, 0.2) is 0 Å². The van der Waals surface area contributed by atoms with Gasteiger partial charge in [0.2, 0.25) is 0 Å². The number of ether oxygens (including phenoxy) is 3. The van der Waals surface area contributed by atoms with E-state index >= 15 is 0 Å². The van der Waals surface area contributed by atoms with Gasteiger partial charge < -0.3 is 19.9 Å². The normalized spacial score (nSPS) is 30.4. The molecular weight excluding hydrogens is 182 g/mol. The lowest BCUT2D eigenvalue weighted by Gasteiger charge is -2.30. The molecule has 1 fully saturated rings. The lowest BCUT2D eigenvalue weighted by Crippen LogP contribution is -2.45. The quantitative estimate of drug-likeness (QED) is 0.700. The van der Waals surface area contributed by atoms with Crippen molar-refractivity contribution in [3.8, 4) is 0 Å². The van der Waals surface area contributed by atoms with Gasteiger partial charge >= 0.3 is 0 Å². The topological polar surface area (TPSA) is 53.7 Å². The van der Waals surface area contributed by atoms with Crippen LogP contribution in [0.3, 0.4) is 0 Å². The average Bonchev–Trinajstić information content (AvgIpc) is 2.30. The molecule has 0 radical (unpaired) electrons. The van der Waals surface area contributed by atoms with E-state index in [4.69, 9.17) is 19.9 Å². The number of nitrogens with two attached hydrogens (primary N) is 1. The summed E-state index contributed by atoms with van der Waals surface area (Å²) in [5.41, 5.74) is 7.22. The summed E-state index contributed by atoms with van der Waals surface area (Å²) in [5, 5.41) is 0. The van der Waals surface area contributed by atoms with E-state index < -0.39 is 0 Å². The van der Waals surface area contributed by atoms with E-state index in [9.17, 15) is 0 Å². The average molecular weight is 199 g/mol. The van der Waals surface area contributed by atoms with Crippen molar-refractivity contribution in [1.29, 1.82) is 0 Å². The molecule has 2 aliphatic heterocycles. The Balaban J connectivity index is 1.91. The Kier molecular flexibility index (Phi) is 3.39. The lowest BCUT2D eigenvalue weighted by molar-refractivity contribution is -0.0936. The summed E-state index contributed by atoms with van der Waals surface area (Å²) in [4.78, 5) is 0. The summed E-state index contributed by atoms with van der Waals surface area (Å²) < 4.78 is 16.1. The minimum Gasteiger partial charge on any atom is -0.501 e. The molecular formula is C10H17NO3. The first kappa shape index (κ1) is 9.96. The van der Waals surface area contributed by atoms with Gasteiger partial charge in [-0.3, -0.25) is 0 Å². The zero-order valence-electron chi connectivity index (χ0n) is 8.28. The van der Waals surface area contributed by atoms with Gasteiger partial charge in [-0.05, 0) is 18.4 Å². The molecule has 80 valence electrons. The Labute approximate surface area is 84.0 Å². The van der Waals surface area contributed by atoms with E-state index in [1.807, 2.05) is 0 Å². The third-order valence-corrected chi connectivity index (χ3v) is 2.63. The largest absolute Gasteiger partial charge is 0.501 e. The van der Waals surface area contributed by atoms with Gasteiger partial charge in [0.05, 0.1) is 44.8 Å². The van der Waals surface area contributed by atoms with Gasteiger partial charge in [-0.15, -0.1) is 0 Å². The molecule has 0 aromatic heterocycles. The van der Waals surface area contributed by atoms with Crippen LogP contribution in [0.2, 0.25) is 0 Å². The van der Waals surface area contributed by atoms with Crippen LogP contribution >= 0.6 is 0 Å². The maximum Gasteiger partial charge on any atom is 0.0999 e. The highest BCUT2D eigenvalue weighted by atomic mass is 16.6. The molecule has 2 atom stereocenters. The van der Waals surface area contributed by atoms with Crippen LogP contribution in [0.25, 0.3) is 0 Å². The van der Waals surface area contributed by atoms with Gasteiger partial charge in [0.1, 0.15) is 0 Å². The van der Waals surface area contributed by atoms with Crippen molar-refractivity contribution in [1.82, 2.24) is 0 Å². The van der Waals surface area contributed by atoms with E-state index in [0.717, 1.165) is 25.0 Å². The van der Waals surface area contributed by atoms with Crippen LogP contribution in [0.5, 0.6) is 0 Å². The van der Waals surface area contributed by atoms with Crippen molar-refractivity contribution in [3.05, 3.63) is 11.8 Å². The van der Waals surface area contributed by atoms with Crippen LogP contribution < -0.4 is 5.73 Å². The second-order valence-electron chi connectivity index (χ2n) is 3.68. The second kappa shape index (κ2) is 4.77. The molecule has 1 saturated heterocycles. The van der Waals surface area contributed by atoms with Gasteiger partial charge in [-0.2, -0.15) is 0 Å². The molecule has 4 heteroatoms. The molecule has 0 aromatic carbocycles. The van der Waals surface area contributed by atoms with Gasteiger partial charge in [-0.1, -0.05) is 0 Å². The molecule has 2 aliphatic rings. The van der Waals surface area contributed by atoms with Crippen LogP contribution in [0, 0.1) is 0 Å². The van der Waals surface area contributed by atoms with Gasteiger partial charge in [-0.25, -0.2) is 0 Å². The molecule has 0 bridgehead atoms. The maximum atomic E-state index is 6.07. The van der Waals surface area contributed by atoms with E-state index in [1.54, 1.807) is 6.26 Å². The molecule has 2 unspecified atom stereocenters. The molecule has 0 aromatic rings. The highest BCUT2D eigenvalue weighted by molar-refractivity contribution is 5.11. The number of hydrogen-bond acceptors (Lipinski definition) is 4. The van der Waals surface area contributed by atoms with Crippen molar-refractivity contribution in [2.75, 3.05) is 26.4 Å². The van der Waals surface area contributed by atoms with Crippen molar-refractivity contribution in [3.63, 3.8) is 0 Å². The van der Waals surface area contributed by atoms with E-state index in [-0.39, 0.29) is 12.1 Å². The van der Waals surface area contributed by atoms with Crippen LogP contribution in [-0.4, -0.2) is 38.6 Å². The highest BCUT2D eigenvalue weighted by Gasteiger charge is 2.25. The molecule has 14 heavy (non-hydrogen) atoms. The first-order chi connectivity index (χ1) is 6.88. The fourth-order valence-electron chi connectivity index (χ4n) is 1.78. The molecule has 0 saturated carbocycles. The Hall–Kier alpha value is -0.580. The van der Waals surface area contributed by atoms with Crippen LogP contribution in [-0.2, 0) is 14.2 Å². The molecule has 4 nitrogen and oxygen atoms in total. The Morgan fingerprint density at radius 2 is 2.29 bits per heavy atom. The molecule has 2 heterocycles. The summed E-state index contributed by atoms with van der Waals surface area (Å²) in [6, 6.07) is -0.0735. The van der Waals surface area contributed by atoms with Crippen molar-refractivity contribution >= 4 is 0 Å². The Morgan fingerprint density at radius 3 is 2.93 bits per heavy atom. The predicted octanol–water partition coefficient (Wildman–Crippen LogP) is 0.423. The maximum absolute atomic E-state index is 6.07. The van der Waals surface area contributed by atoms with Crippen LogP contribution in [0.1, 0.15) is 12.8 Å². The summed E-state index contributed by atoms with van der Waals surface area (Å²) in [6.45, 7) is 2.72. The zero-order chi connectivity index (χ0) is 9.80. The van der Waals surface area contributed by atoms with E-state index in [0.29, 0.717) is 19.8 Å². The SMILES string of the molecule is NC(C1=COCCC1)C1COCCO1. The fourth-order valence-corrected chi connectivity index (χ4v) is 1.78. The highest BCUT2D eigenvalue weighted by Crippen LogP contribution is 2.19. The molecule has 0 amide bonds. The monoisotopic (exact) mass is 199 g/mol. The summed E-state index contributed by atoms with van der Waals surface area (Å²) >= 11 is 0. The Morgan fingerprint density at radius 1 is 1.36 bits per heavy atom. The van der Waals surface area contributed by atoms with Gasteiger partial charge in [0, 0.05) is 0 Å². The number of rotatable bonds is 2. The Bertz CT molecular complexity index is 211.